The number of hydrogen-bond acceptors (Lipinski definition) is 2. The molecule has 2 nitrogen and oxygen atoms in total. The normalized spacial score (nSPS) is 37.5. The minimum atomic E-state index is 0.270. The fourth-order valence-electron chi connectivity index (χ4n) is 1.67. The van der Waals surface area contributed by atoms with Crippen LogP contribution in [0.1, 0.15) is 19.8 Å². The Labute approximate surface area is 61.9 Å². The van der Waals surface area contributed by atoms with Gasteiger partial charge in [-0.2, -0.15) is 0 Å². The first-order valence-electron chi connectivity index (χ1n) is 4.15. The third kappa shape index (κ3) is 0.956. The summed E-state index contributed by atoms with van der Waals surface area (Å²) in [5, 5.41) is 3.26. The molecule has 2 aliphatic heterocycles. The van der Waals surface area contributed by atoms with E-state index in [0.717, 1.165) is 25.6 Å². The van der Waals surface area contributed by atoms with Crippen LogP contribution < -0.4 is 5.32 Å². The number of ether oxygens (including phenoxy) is 1. The van der Waals surface area contributed by atoms with Gasteiger partial charge in [0.05, 0.1) is 12.2 Å². The van der Waals surface area contributed by atoms with E-state index < -0.39 is 0 Å². The molecule has 0 aliphatic carbocycles. The van der Waals surface area contributed by atoms with E-state index in [9.17, 15) is 0 Å². The molecule has 2 heteroatoms. The molecule has 0 saturated carbocycles. The smallest absolute Gasteiger partial charge is 0.0930 e. The highest BCUT2D eigenvalue weighted by Gasteiger charge is 2.40. The van der Waals surface area contributed by atoms with E-state index in [4.69, 9.17) is 4.74 Å². The Kier molecular flexibility index (Phi) is 1.46. The first-order chi connectivity index (χ1) is 4.81. The second-order valence-electron chi connectivity index (χ2n) is 3.74. The summed E-state index contributed by atoms with van der Waals surface area (Å²) in [7, 11) is 0. The third-order valence-electron chi connectivity index (χ3n) is 2.66. The van der Waals surface area contributed by atoms with Gasteiger partial charge in [-0.3, -0.25) is 0 Å². The van der Waals surface area contributed by atoms with Gasteiger partial charge in [0.2, 0.25) is 0 Å². The van der Waals surface area contributed by atoms with E-state index in [1.807, 2.05) is 0 Å². The summed E-state index contributed by atoms with van der Waals surface area (Å²) < 4.78 is 5.75. The van der Waals surface area contributed by atoms with Crippen LogP contribution in [-0.2, 0) is 4.74 Å². The molecule has 0 aromatic heterocycles. The van der Waals surface area contributed by atoms with Gasteiger partial charge in [-0.15, -0.1) is 0 Å². The van der Waals surface area contributed by atoms with Crippen molar-refractivity contribution < 1.29 is 4.74 Å². The van der Waals surface area contributed by atoms with Gasteiger partial charge >= 0.3 is 0 Å². The molecule has 0 amide bonds. The molecule has 2 aliphatic rings. The fourth-order valence-corrected chi connectivity index (χ4v) is 1.67. The second-order valence-corrected chi connectivity index (χ2v) is 3.74. The Morgan fingerprint density at radius 1 is 1.50 bits per heavy atom. The van der Waals surface area contributed by atoms with Gasteiger partial charge in [0.1, 0.15) is 0 Å². The molecule has 0 aromatic rings. The predicted molar refractivity (Wildman–Crippen MR) is 40.0 cm³/mol. The Morgan fingerprint density at radius 2 is 2.30 bits per heavy atom. The van der Waals surface area contributed by atoms with E-state index in [1.54, 1.807) is 0 Å². The van der Waals surface area contributed by atoms with E-state index >= 15 is 0 Å². The molecule has 1 atom stereocenters. The summed E-state index contributed by atoms with van der Waals surface area (Å²) >= 11 is 0. The summed E-state index contributed by atoms with van der Waals surface area (Å²) in [6, 6.07) is 0. The van der Waals surface area contributed by atoms with Gasteiger partial charge < -0.3 is 10.1 Å². The molecule has 1 unspecified atom stereocenters. The van der Waals surface area contributed by atoms with Crippen LogP contribution in [0.4, 0.5) is 0 Å². The zero-order valence-corrected chi connectivity index (χ0v) is 6.52. The van der Waals surface area contributed by atoms with Crippen molar-refractivity contribution in [3.63, 3.8) is 0 Å². The topological polar surface area (TPSA) is 21.3 Å². The molecular formula is C8H15NO. The molecule has 0 aromatic carbocycles. The van der Waals surface area contributed by atoms with Crippen molar-refractivity contribution in [2.45, 2.75) is 25.4 Å². The highest BCUT2D eigenvalue weighted by atomic mass is 16.5. The molecule has 0 bridgehead atoms. The SMILES string of the molecule is CC1CCC2(CNC2)OC1. The van der Waals surface area contributed by atoms with Crippen LogP contribution in [0, 0.1) is 5.92 Å². The Hall–Kier alpha value is -0.0800. The van der Waals surface area contributed by atoms with Gasteiger partial charge in [0.25, 0.3) is 0 Å². The zero-order valence-electron chi connectivity index (χ0n) is 6.52. The zero-order chi connectivity index (χ0) is 7.03. The van der Waals surface area contributed by atoms with Crippen LogP contribution in [0.25, 0.3) is 0 Å². The van der Waals surface area contributed by atoms with Gasteiger partial charge in [0, 0.05) is 13.1 Å². The Balaban J connectivity index is 1.90. The molecule has 2 saturated heterocycles. The number of rotatable bonds is 0. The quantitative estimate of drug-likeness (QED) is 0.538. The molecular weight excluding hydrogens is 126 g/mol. The van der Waals surface area contributed by atoms with Crippen molar-refractivity contribution >= 4 is 0 Å². The maximum absolute atomic E-state index is 5.75. The average molecular weight is 141 g/mol. The standard InChI is InChI=1S/C8H15NO/c1-7-2-3-8(10-4-7)5-9-6-8/h7,9H,2-6H2,1H3. The van der Waals surface area contributed by atoms with Crippen LogP contribution in [0.15, 0.2) is 0 Å². The van der Waals surface area contributed by atoms with Crippen molar-refractivity contribution in [1.29, 1.82) is 0 Å². The highest BCUT2D eigenvalue weighted by Crippen LogP contribution is 2.30. The summed E-state index contributed by atoms with van der Waals surface area (Å²) in [5.74, 6) is 0.784. The summed E-state index contributed by atoms with van der Waals surface area (Å²) in [6.45, 7) is 5.40. The van der Waals surface area contributed by atoms with Gasteiger partial charge in [-0.05, 0) is 18.8 Å². The van der Waals surface area contributed by atoms with Crippen molar-refractivity contribution in [2.24, 2.45) is 5.92 Å². The first kappa shape index (κ1) is 6.62. The van der Waals surface area contributed by atoms with Crippen LogP contribution in [-0.4, -0.2) is 25.3 Å². The minimum absolute atomic E-state index is 0.270. The third-order valence-corrected chi connectivity index (χ3v) is 2.66. The summed E-state index contributed by atoms with van der Waals surface area (Å²) in [4.78, 5) is 0. The van der Waals surface area contributed by atoms with E-state index in [2.05, 4.69) is 12.2 Å². The number of hydrogen-bond donors (Lipinski definition) is 1. The summed E-state index contributed by atoms with van der Waals surface area (Å²) in [6.07, 6.45) is 2.61. The first-order valence-corrected chi connectivity index (χ1v) is 4.15. The van der Waals surface area contributed by atoms with E-state index in [-0.39, 0.29) is 5.60 Å². The lowest BCUT2D eigenvalue weighted by Gasteiger charge is -2.46. The maximum Gasteiger partial charge on any atom is 0.0930 e. The van der Waals surface area contributed by atoms with Gasteiger partial charge in [-0.25, -0.2) is 0 Å². The Bertz CT molecular complexity index is 121. The molecule has 0 radical (unpaired) electrons. The molecule has 1 N–H and O–H groups in total. The van der Waals surface area contributed by atoms with E-state index in [0.29, 0.717) is 0 Å². The highest BCUT2D eigenvalue weighted by molar-refractivity contribution is 4.96. The summed E-state index contributed by atoms with van der Waals surface area (Å²) in [5.41, 5.74) is 0.270. The molecule has 2 fully saturated rings. The van der Waals surface area contributed by atoms with Crippen LogP contribution in [0.5, 0.6) is 0 Å². The second kappa shape index (κ2) is 2.21. The van der Waals surface area contributed by atoms with Gasteiger partial charge in [-0.1, -0.05) is 6.92 Å². The number of nitrogens with one attached hydrogen (secondary N) is 1. The molecule has 2 heterocycles. The van der Waals surface area contributed by atoms with Crippen molar-refractivity contribution in [3.05, 3.63) is 0 Å². The van der Waals surface area contributed by atoms with Crippen LogP contribution in [0.3, 0.4) is 0 Å². The molecule has 2 rings (SSSR count). The molecule has 58 valence electrons. The fraction of sp³-hybridized carbons (Fsp3) is 1.00. The van der Waals surface area contributed by atoms with Crippen molar-refractivity contribution in [2.75, 3.05) is 19.7 Å². The lowest BCUT2D eigenvalue weighted by atomic mass is 9.85. The van der Waals surface area contributed by atoms with Crippen LogP contribution >= 0.6 is 0 Å². The maximum atomic E-state index is 5.75. The molecule has 1 spiro atoms. The largest absolute Gasteiger partial charge is 0.372 e. The van der Waals surface area contributed by atoms with Crippen LogP contribution in [0.2, 0.25) is 0 Å². The van der Waals surface area contributed by atoms with Crippen molar-refractivity contribution in [1.82, 2.24) is 5.32 Å². The minimum Gasteiger partial charge on any atom is -0.372 e. The average Bonchev–Trinajstić information content (AvgIpc) is 1.86. The van der Waals surface area contributed by atoms with E-state index in [1.165, 1.54) is 12.8 Å². The predicted octanol–water partition coefficient (Wildman–Crippen LogP) is 0.775. The molecule has 10 heavy (non-hydrogen) atoms. The van der Waals surface area contributed by atoms with Crippen molar-refractivity contribution in [3.8, 4) is 0 Å². The lowest BCUT2D eigenvalue weighted by Crippen LogP contribution is -2.62. The lowest BCUT2D eigenvalue weighted by molar-refractivity contribution is -0.125. The van der Waals surface area contributed by atoms with Gasteiger partial charge in [0.15, 0.2) is 0 Å². The monoisotopic (exact) mass is 141 g/mol. The Morgan fingerprint density at radius 3 is 2.70 bits per heavy atom.